The number of carboxylic acids is 2. The third-order valence-corrected chi connectivity index (χ3v) is 11.1. The number of rotatable bonds is 8. The first-order valence-electron chi connectivity index (χ1n) is 16.8. The SMILES string of the molecule is CC(CC1(CC2(CC(C)C(=O)O)C3=CCCC=C3c3nc4ccccc4cc32)C2=CCCC=C2c2nc3ccccc3cc21)C(=O)O. The van der Waals surface area contributed by atoms with Crippen molar-refractivity contribution in [1.29, 1.82) is 0 Å². The Bertz CT molecular complexity index is 1990. The van der Waals surface area contributed by atoms with Crippen molar-refractivity contribution in [1.82, 2.24) is 9.97 Å². The van der Waals surface area contributed by atoms with Crippen molar-refractivity contribution < 1.29 is 19.8 Å². The van der Waals surface area contributed by atoms with Gasteiger partial charge in [0.25, 0.3) is 0 Å². The number of allylic oxidation sites excluding steroid dienone is 8. The third kappa shape index (κ3) is 4.45. The van der Waals surface area contributed by atoms with Gasteiger partial charge in [-0.25, -0.2) is 9.97 Å². The van der Waals surface area contributed by atoms with Gasteiger partial charge in [0.2, 0.25) is 0 Å². The predicted molar refractivity (Wildman–Crippen MR) is 185 cm³/mol. The highest BCUT2D eigenvalue weighted by Crippen LogP contribution is 2.65. The zero-order valence-corrected chi connectivity index (χ0v) is 26.8. The Hall–Kier alpha value is -4.84. The van der Waals surface area contributed by atoms with Crippen molar-refractivity contribution in [3.05, 3.63) is 119 Å². The van der Waals surface area contributed by atoms with Gasteiger partial charge >= 0.3 is 11.9 Å². The Labute approximate surface area is 274 Å². The second-order valence-electron chi connectivity index (χ2n) is 14.0. The predicted octanol–water partition coefficient (Wildman–Crippen LogP) is 8.80. The first-order valence-corrected chi connectivity index (χ1v) is 16.8. The van der Waals surface area contributed by atoms with E-state index in [4.69, 9.17) is 9.97 Å². The van der Waals surface area contributed by atoms with Gasteiger partial charge in [-0.15, -0.1) is 0 Å². The Morgan fingerprint density at radius 1 is 0.660 bits per heavy atom. The van der Waals surface area contributed by atoms with Crippen LogP contribution in [0.1, 0.15) is 81.3 Å². The average Bonchev–Trinajstić information content (AvgIpc) is 3.48. The molecule has 2 N–H and O–H groups in total. The molecule has 6 nitrogen and oxygen atoms in total. The summed E-state index contributed by atoms with van der Waals surface area (Å²) in [6.45, 7) is 3.61. The van der Waals surface area contributed by atoms with Crippen LogP contribution >= 0.6 is 0 Å². The van der Waals surface area contributed by atoms with Crippen LogP contribution in [0.25, 0.3) is 33.0 Å². The molecule has 0 radical (unpaired) electrons. The molecule has 2 aromatic carbocycles. The molecule has 0 bridgehead atoms. The second-order valence-corrected chi connectivity index (χ2v) is 14.0. The van der Waals surface area contributed by atoms with E-state index in [0.717, 1.165) is 92.3 Å². The lowest BCUT2D eigenvalue weighted by Gasteiger charge is -2.45. The molecule has 2 heterocycles. The lowest BCUT2D eigenvalue weighted by atomic mass is 9.57. The molecule has 0 saturated carbocycles. The first-order chi connectivity index (χ1) is 22.7. The summed E-state index contributed by atoms with van der Waals surface area (Å²) in [5.74, 6) is -2.95. The molecular weight excluding hydrogens is 584 g/mol. The number of carboxylic acid groups (broad SMARTS) is 2. The largest absolute Gasteiger partial charge is 0.481 e. The van der Waals surface area contributed by atoms with Crippen molar-refractivity contribution in [3.63, 3.8) is 0 Å². The number of para-hydroxylation sites is 2. The fourth-order valence-electron chi connectivity index (χ4n) is 9.07. The molecule has 236 valence electrons. The maximum Gasteiger partial charge on any atom is 0.306 e. The minimum absolute atomic E-state index is 0.379. The molecule has 0 aliphatic heterocycles. The van der Waals surface area contributed by atoms with Crippen LogP contribution in [0.4, 0.5) is 0 Å². The molecule has 4 aromatic rings. The minimum Gasteiger partial charge on any atom is -0.481 e. The van der Waals surface area contributed by atoms with Crippen molar-refractivity contribution >= 4 is 44.9 Å². The molecule has 0 amide bonds. The van der Waals surface area contributed by atoms with Gasteiger partial charge < -0.3 is 10.2 Å². The molecule has 4 atom stereocenters. The quantitative estimate of drug-likeness (QED) is 0.204. The van der Waals surface area contributed by atoms with E-state index in [1.165, 1.54) is 0 Å². The number of carbonyl (C=O) groups is 2. The number of hydrogen-bond donors (Lipinski definition) is 2. The number of benzene rings is 2. The van der Waals surface area contributed by atoms with Gasteiger partial charge in [-0.1, -0.05) is 74.5 Å². The minimum atomic E-state index is -0.835. The van der Waals surface area contributed by atoms with Crippen LogP contribution < -0.4 is 0 Å². The summed E-state index contributed by atoms with van der Waals surface area (Å²) in [5, 5.41) is 22.9. The van der Waals surface area contributed by atoms with E-state index in [9.17, 15) is 19.8 Å². The molecule has 0 saturated heterocycles. The second kappa shape index (κ2) is 10.9. The lowest BCUT2D eigenvalue weighted by Crippen LogP contribution is -2.41. The van der Waals surface area contributed by atoms with Crippen molar-refractivity contribution in [3.8, 4) is 0 Å². The monoisotopic (exact) mass is 622 g/mol. The molecule has 8 rings (SSSR count). The number of pyridine rings is 2. The van der Waals surface area contributed by atoms with Crippen LogP contribution in [0.2, 0.25) is 0 Å². The summed E-state index contributed by atoms with van der Waals surface area (Å²) in [6.07, 6.45) is 14.0. The standard InChI is InChI=1S/C41H38N2O4/c1-24(38(44)45)21-40(30-15-7-5-13-28(30)36-32(40)19-26-11-3-9-17-34(26)42-36)23-41(22-25(2)39(46)47)31-16-8-6-14-29(31)37-33(41)20-27-12-4-10-18-35(27)43-37/h3-4,9-20,24-25H,5-8,21-23H2,1-2H3,(H,44,45)(H,46,47). The maximum atomic E-state index is 12.7. The Kier molecular flexibility index (Phi) is 6.83. The summed E-state index contributed by atoms with van der Waals surface area (Å²) in [6, 6.07) is 20.7. The number of fused-ring (bicyclic) bond motifs is 8. The van der Waals surface area contributed by atoms with E-state index in [2.05, 4.69) is 48.6 Å². The summed E-state index contributed by atoms with van der Waals surface area (Å²) in [7, 11) is 0. The molecule has 6 heteroatoms. The van der Waals surface area contributed by atoms with E-state index < -0.39 is 34.6 Å². The molecule has 0 fully saturated rings. The molecule has 4 unspecified atom stereocenters. The molecule has 47 heavy (non-hydrogen) atoms. The van der Waals surface area contributed by atoms with Crippen LogP contribution in [0, 0.1) is 11.8 Å². The lowest BCUT2D eigenvalue weighted by molar-refractivity contribution is -0.142. The van der Waals surface area contributed by atoms with E-state index >= 15 is 0 Å². The van der Waals surface area contributed by atoms with Gasteiger partial charge in [0, 0.05) is 32.7 Å². The topological polar surface area (TPSA) is 100 Å². The molecule has 4 aliphatic carbocycles. The van der Waals surface area contributed by atoms with Gasteiger partial charge in [-0.3, -0.25) is 9.59 Å². The van der Waals surface area contributed by atoms with Gasteiger partial charge in [0.05, 0.1) is 34.3 Å². The van der Waals surface area contributed by atoms with Crippen LogP contribution in [0.5, 0.6) is 0 Å². The maximum absolute atomic E-state index is 12.7. The fourth-order valence-corrected chi connectivity index (χ4v) is 9.07. The molecular formula is C41H38N2O4. The number of aromatic nitrogens is 2. The number of hydrogen-bond acceptors (Lipinski definition) is 4. The Balaban J connectivity index is 1.46. The van der Waals surface area contributed by atoms with Crippen molar-refractivity contribution in [2.75, 3.05) is 0 Å². The highest BCUT2D eigenvalue weighted by molar-refractivity contribution is 5.96. The molecule has 2 aromatic heterocycles. The summed E-state index contributed by atoms with van der Waals surface area (Å²) in [5.41, 5.74) is 8.82. The van der Waals surface area contributed by atoms with Crippen LogP contribution in [0.15, 0.2) is 96.1 Å². The summed E-state index contributed by atoms with van der Waals surface area (Å²) < 4.78 is 0. The van der Waals surface area contributed by atoms with Gasteiger partial charge in [0.15, 0.2) is 0 Å². The van der Waals surface area contributed by atoms with E-state index in [0.29, 0.717) is 19.3 Å². The molecule has 4 aliphatic rings. The van der Waals surface area contributed by atoms with Crippen molar-refractivity contribution in [2.45, 2.75) is 69.6 Å². The smallest absolute Gasteiger partial charge is 0.306 e. The fraction of sp³-hybridized carbons (Fsp3) is 0.317. The average molecular weight is 623 g/mol. The van der Waals surface area contributed by atoms with Crippen molar-refractivity contribution in [2.24, 2.45) is 11.8 Å². The third-order valence-electron chi connectivity index (χ3n) is 11.1. The summed E-state index contributed by atoms with van der Waals surface area (Å²) >= 11 is 0. The van der Waals surface area contributed by atoms with E-state index in [-0.39, 0.29) is 0 Å². The summed E-state index contributed by atoms with van der Waals surface area (Å²) in [4.78, 5) is 35.9. The zero-order chi connectivity index (χ0) is 32.5. The Morgan fingerprint density at radius 3 is 1.49 bits per heavy atom. The number of aliphatic carboxylic acids is 2. The molecule has 0 spiro atoms. The van der Waals surface area contributed by atoms with Gasteiger partial charge in [-0.2, -0.15) is 0 Å². The number of nitrogens with zero attached hydrogens (tertiary/aromatic N) is 2. The van der Waals surface area contributed by atoms with E-state index in [1.54, 1.807) is 13.8 Å². The van der Waals surface area contributed by atoms with Crippen LogP contribution in [-0.2, 0) is 20.4 Å². The normalized spacial score (nSPS) is 23.9. The highest BCUT2D eigenvalue weighted by Gasteiger charge is 2.57. The zero-order valence-electron chi connectivity index (χ0n) is 26.8. The van der Waals surface area contributed by atoms with Crippen LogP contribution in [0.3, 0.4) is 0 Å². The highest BCUT2D eigenvalue weighted by atomic mass is 16.4. The van der Waals surface area contributed by atoms with Gasteiger partial charge in [0.1, 0.15) is 0 Å². The Morgan fingerprint density at radius 2 is 1.06 bits per heavy atom. The first kappa shape index (κ1) is 29.6. The van der Waals surface area contributed by atoms with Gasteiger partial charge in [-0.05, 0) is 91.5 Å². The van der Waals surface area contributed by atoms with Crippen LogP contribution in [-0.4, -0.2) is 32.1 Å². The van der Waals surface area contributed by atoms with E-state index in [1.807, 2.05) is 36.4 Å².